The van der Waals surface area contributed by atoms with E-state index in [2.05, 4.69) is 4.98 Å². The summed E-state index contributed by atoms with van der Waals surface area (Å²) in [5.74, 6) is 1.70. The maximum Gasteiger partial charge on any atom is 0.256 e. The molecule has 0 spiro atoms. The van der Waals surface area contributed by atoms with Crippen LogP contribution in [-0.2, 0) is 0 Å². The zero-order valence-electron chi connectivity index (χ0n) is 11.8. The Hall–Kier alpha value is -1.75. The van der Waals surface area contributed by atoms with E-state index in [1.165, 1.54) is 11.8 Å². The number of carbonyl (C=O) groups is 1. The maximum absolute atomic E-state index is 12.2. The first kappa shape index (κ1) is 14.7. The van der Waals surface area contributed by atoms with Gasteiger partial charge in [-0.1, -0.05) is 23.9 Å². The van der Waals surface area contributed by atoms with Crippen LogP contribution in [0.1, 0.15) is 28.7 Å². The minimum Gasteiger partial charge on any atom is -0.493 e. The zero-order chi connectivity index (χ0) is 14.5. The maximum atomic E-state index is 12.2. The number of carbonyl (C=O) groups excluding carboxylic acids is 1. The van der Waals surface area contributed by atoms with Crippen molar-refractivity contribution >= 4 is 17.5 Å². The number of benzene rings is 1. The van der Waals surface area contributed by atoms with Crippen molar-refractivity contribution in [2.24, 2.45) is 0 Å². The molecule has 0 aliphatic rings. The largest absolute Gasteiger partial charge is 0.493 e. The molecule has 0 aliphatic carbocycles. The van der Waals surface area contributed by atoms with Crippen LogP contribution in [0, 0.1) is 13.8 Å². The molecule has 0 N–H and O–H groups in total. The fraction of sp³-hybridized carbons (Fsp3) is 0.333. The molecule has 0 amide bonds. The summed E-state index contributed by atoms with van der Waals surface area (Å²) in [6.45, 7) is 6.18. The number of para-hydroxylation sites is 1. The first-order chi connectivity index (χ1) is 9.61. The number of hydrogen-bond donors (Lipinski definition) is 0. The summed E-state index contributed by atoms with van der Waals surface area (Å²) < 4.78 is 10.9. The van der Waals surface area contributed by atoms with E-state index in [-0.39, 0.29) is 11.5 Å². The van der Waals surface area contributed by atoms with E-state index in [1.54, 1.807) is 12.1 Å². The monoisotopic (exact) mass is 291 g/mol. The predicted molar refractivity (Wildman–Crippen MR) is 78.6 cm³/mol. The third-order valence-electron chi connectivity index (χ3n) is 2.82. The van der Waals surface area contributed by atoms with Gasteiger partial charge in [0.1, 0.15) is 11.5 Å². The van der Waals surface area contributed by atoms with Crippen LogP contribution in [0.3, 0.4) is 0 Å². The fourth-order valence-electron chi connectivity index (χ4n) is 1.69. The molecule has 2 rings (SSSR count). The molecule has 0 radical (unpaired) electrons. The molecule has 0 atom stereocenters. The second kappa shape index (κ2) is 6.61. The lowest BCUT2D eigenvalue weighted by atomic mass is 10.1. The summed E-state index contributed by atoms with van der Waals surface area (Å²) in [7, 11) is 0. The van der Waals surface area contributed by atoms with Crippen molar-refractivity contribution in [3.63, 3.8) is 0 Å². The van der Waals surface area contributed by atoms with E-state index in [1.807, 2.05) is 32.9 Å². The standard InChI is InChI=1S/C15H17NO3S/c1-4-18-14-8-6-5-7-12(14)13(17)9-20-15-16-10(2)11(3)19-15/h5-8H,4,9H2,1-3H3. The van der Waals surface area contributed by atoms with Crippen LogP contribution in [0.25, 0.3) is 0 Å². The number of rotatable bonds is 6. The number of ether oxygens (including phenoxy) is 1. The van der Waals surface area contributed by atoms with Gasteiger partial charge in [-0.25, -0.2) is 4.98 Å². The lowest BCUT2D eigenvalue weighted by Crippen LogP contribution is -2.06. The van der Waals surface area contributed by atoms with Gasteiger partial charge in [0.05, 0.1) is 23.6 Å². The van der Waals surface area contributed by atoms with Gasteiger partial charge in [0.15, 0.2) is 5.78 Å². The van der Waals surface area contributed by atoms with Gasteiger partial charge in [0.2, 0.25) is 0 Å². The van der Waals surface area contributed by atoms with Gasteiger partial charge < -0.3 is 9.15 Å². The van der Waals surface area contributed by atoms with Gasteiger partial charge >= 0.3 is 0 Å². The van der Waals surface area contributed by atoms with Crippen LogP contribution in [0.15, 0.2) is 33.9 Å². The third kappa shape index (κ3) is 3.42. The van der Waals surface area contributed by atoms with Crippen molar-refractivity contribution in [1.82, 2.24) is 4.98 Å². The Bertz CT molecular complexity index is 587. The van der Waals surface area contributed by atoms with E-state index < -0.39 is 0 Å². The normalized spacial score (nSPS) is 10.6. The van der Waals surface area contributed by atoms with E-state index in [0.717, 1.165) is 11.5 Å². The van der Waals surface area contributed by atoms with Gasteiger partial charge in [0, 0.05) is 0 Å². The van der Waals surface area contributed by atoms with E-state index in [0.29, 0.717) is 23.1 Å². The van der Waals surface area contributed by atoms with Crippen molar-refractivity contribution in [2.75, 3.05) is 12.4 Å². The average molecular weight is 291 g/mol. The van der Waals surface area contributed by atoms with Crippen LogP contribution < -0.4 is 4.74 Å². The number of hydrogen-bond acceptors (Lipinski definition) is 5. The predicted octanol–water partition coefficient (Wildman–Crippen LogP) is 3.67. The first-order valence-electron chi connectivity index (χ1n) is 6.43. The number of Topliss-reactive ketones (excluding diaryl/α,β-unsaturated/α-hetero) is 1. The van der Waals surface area contributed by atoms with Crippen molar-refractivity contribution in [1.29, 1.82) is 0 Å². The summed E-state index contributed by atoms with van der Waals surface area (Å²) >= 11 is 1.30. The number of oxazole rings is 1. The second-order valence-electron chi connectivity index (χ2n) is 4.26. The van der Waals surface area contributed by atoms with Gasteiger partial charge in [-0.2, -0.15) is 0 Å². The van der Waals surface area contributed by atoms with Crippen LogP contribution in [0.4, 0.5) is 0 Å². The minimum atomic E-state index is 0.00700. The summed E-state index contributed by atoms with van der Waals surface area (Å²) in [5.41, 5.74) is 1.46. The lowest BCUT2D eigenvalue weighted by Gasteiger charge is -2.08. The smallest absolute Gasteiger partial charge is 0.256 e. The summed E-state index contributed by atoms with van der Waals surface area (Å²) in [6, 6.07) is 7.27. The Morgan fingerprint density at radius 2 is 2.10 bits per heavy atom. The molecule has 0 fully saturated rings. The molecule has 0 saturated heterocycles. The third-order valence-corrected chi connectivity index (χ3v) is 3.65. The van der Waals surface area contributed by atoms with Crippen LogP contribution in [0.5, 0.6) is 5.75 Å². The van der Waals surface area contributed by atoms with Crippen LogP contribution >= 0.6 is 11.8 Å². The highest BCUT2D eigenvalue weighted by atomic mass is 32.2. The van der Waals surface area contributed by atoms with Crippen LogP contribution in [0.2, 0.25) is 0 Å². The van der Waals surface area contributed by atoms with E-state index >= 15 is 0 Å². The molecule has 20 heavy (non-hydrogen) atoms. The van der Waals surface area contributed by atoms with Crippen LogP contribution in [-0.4, -0.2) is 23.1 Å². The SMILES string of the molecule is CCOc1ccccc1C(=O)CSc1nc(C)c(C)o1. The van der Waals surface area contributed by atoms with Gasteiger partial charge in [-0.3, -0.25) is 4.79 Å². The lowest BCUT2D eigenvalue weighted by molar-refractivity contribution is 0.101. The molecule has 0 saturated carbocycles. The molecule has 5 heteroatoms. The Morgan fingerprint density at radius 1 is 1.35 bits per heavy atom. The Morgan fingerprint density at radius 3 is 2.75 bits per heavy atom. The van der Waals surface area contributed by atoms with E-state index in [4.69, 9.17) is 9.15 Å². The highest BCUT2D eigenvalue weighted by Crippen LogP contribution is 2.24. The highest BCUT2D eigenvalue weighted by molar-refractivity contribution is 7.99. The molecule has 1 heterocycles. The van der Waals surface area contributed by atoms with Gasteiger partial charge in [-0.15, -0.1) is 0 Å². The number of nitrogens with zero attached hydrogens (tertiary/aromatic N) is 1. The molecule has 1 aromatic heterocycles. The zero-order valence-corrected chi connectivity index (χ0v) is 12.6. The van der Waals surface area contributed by atoms with Crippen molar-refractivity contribution in [3.05, 3.63) is 41.3 Å². The molecule has 0 bridgehead atoms. The number of aryl methyl sites for hydroxylation is 2. The molecule has 106 valence electrons. The second-order valence-corrected chi connectivity index (χ2v) is 5.19. The molecule has 1 aromatic carbocycles. The van der Waals surface area contributed by atoms with Gasteiger partial charge in [0.25, 0.3) is 5.22 Å². The summed E-state index contributed by atoms with van der Waals surface area (Å²) in [6.07, 6.45) is 0. The van der Waals surface area contributed by atoms with Gasteiger partial charge in [-0.05, 0) is 32.9 Å². The van der Waals surface area contributed by atoms with Crippen molar-refractivity contribution < 1.29 is 13.9 Å². The summed E-state index contributed by atoms with van der Waals surface area (Å²) in [5, 5.41) is 0.530. The van der Waals surface area contributed by atoms with E-state index in [9.17, 15) is 4.79 Å². The number of ketones is 1. The molecule has 0 aliphatic heterocycles. The molecule has 4 nitrogen and oxygen atoms in total. The molecule has 2 aromatic rings. The first-order valence-corrected chi connectivity index (χ1v) is 7.42. The fourth-order valence-corrected chi connectivity index (χ4v) is 2.48. The minimum absolute atomic E-state index is 0.00700. The Kier molecular flexibility index (Phi) is 4.84. The molecule has 0 unspecified atom stereocenters. The molecular formula is C15H17NO3S. The highest BCUT2D eigenvalue weighted by Gasteiger charge is 2.14. The van der Waals surface area contributed by atoms with Crippen molar-refractivity contribution in [3.8, 4) is 5.75 Å². The number of aromatic nitrogens is 1. The summed E-state index contributed by atoms with van der Waals surface area (Å²) in [4.78, 5) is 16.5. The number of thioether (sulfide) groups is 1. The van der Waals surface area contributed by atoms with Crippen molar-refractivity contribution in [2.45, 2.75) is 26.0 Å². The quantitative estimate of drug-likeness (QED) is 0.600. The molecular weight excluding hydrogens is 274 g/mol. The Balaban J connectivity index is 2.05. The average Bonchev–Trinajstić information content (AvgIpc) is 2.76. The topological polar surface area (TPSA) is 52.3 Å². The Labute approximate surface area is 122 Å².